The molecule has 3 aromatic rings. The summed E-state index contributed by atoms with van der Waals surface area (Å²) < 4.78 is 6.88. The van der Waals surface area contributed by atoms with Crippen molar-refractivity contribution in [2.24, 2.45) is 0 Å². The molecular weight excluding hydrogens is 368 g/mol. The van der Waals surface area contributed by atoms with Crippen molar-refractivity contribution in [3.63, 3.8) is 0 Å². The molecule has 0 aliphatic carbocycles. The van der Waals surface area contributed by atoms with E-state index in [1.165, 1.54) is 0 Å². The number of benzene rings is 2. The van der Waals surface area contributed by atoms with Crippen molar-refractivity contribution in [1.29, 1.82) is 0 Å². The first kappa shape index (κ1) is 15.4. The Morgan fingerprint density at radius 3 is 2.75 bits per heavy atom. The number of carbonyl (C=O) groups is 1. The SMILES string of the molecule is O=C(c1ccc(Br)cc1)N1CCC[C@@H](c2nc3ccccc3o2)C1. The minimum atomic E-state index is 0.0725. The van der Waals surface area contributed by atoms with Gasteiger partial charge in [0.1, 0.15) is 5.52 Å². The van der Waals surface area contributed by atoms with Crippen molar-refractivity contribution < 1.29 is 9.21 Å². The van der Waals surface area contributed by atoms with Crippen LogP contribution in [0.25, 0.3) is 11.1 Å². The number of para-hydroxylation sites is 2. The molecule has 1 aliphatic rings. The average molecular weight is 385 g/mol. The van der Waals surface area contributed by atoms with E-state index in [-0.39, 0.29) is 11.8 Å². The fourth-order valence-electron chi connectivity index (χ4n) is 3.20. The minimum absolute atomic E-state index is 0.0725. The number of halogens is 1. The summed E-state index contributed by atoms with van der Waals surface area (Å²) in [6.07, 6.45) is 1.96. The van der Waals surface area contributed by atoms with E-state index in [0.717, 1.165) is 46.4 Å². The second-order valence-corrected chi connectivity index (χ2v) is 7.03. The fraction of sp³-hybridized carbons (Fsp3) is 0.263. The van der Waals surface area contributed by atoms with Gasteiger partial charge in [-0.15, -0.1) is 0 Å². The molecule has 1 saturated heterocycles. The van der Waals surface area contributed by atoms with Crippen LogP contribution >= 0.6 is 15.9 Å². The zero-order valence-corrected chi connectivity index (χ0v) is 14.7. The normalized spacial score (nSPS) is 18.0. The van der Waals surface area contributed by atoms with Crippen LogP contribution in [0.3, 0.4) is 0 Å². The van der Waals surface area contributed by atoms with Gasteiger partial charge in [0.2, 0.25) is 0 Å². The van der Waals surface area contributed by atoms with E-state index in [1.807, 2.05) is 53.4 Å². The number of rotatable bonds is 2. The van der Waals surface area contributed by atoms with Gasteiger partial charge >= 0.3 is 0 Å². The van der Waals surface area contributed by atoms with E-state index in [0.29, 0.717) is 6.54 Å². The lowest BCUT2D eigenvalue weighted by molar-refractivity contribution is 0.0699. The molecule has 0 bridgehead atoms. The van der Waals surface area contributed by atoms with Gasteiger partial charge in [-0.25, -0.2) is 4.98 Å². The first-order chi connectivity index (χ1) is 11.7. The Balaban J connectivity index is 1.54. The van der Waals surface area contributed by atoms with Gasteiger partial charge in [-0.3, -0.25) is 4.79 Å². The smallest absolute Gasteiger partial charge is 0.253 e. The summed E-state index contributed by atoms with van der Waals surface area (Å²) in [4.78, 5) is 19.2. The summed E-state index contributed by atoms with van der Waals surface area (Å²) >= 11 is 3.40. The Hall–Kier alpha value is -2.14. The highest BCUT2D eigenvalue weighted by Crippen LogP contribution is 2.29. The maximum atomic E-state index is 12.7. The van der Waals surface area contributed by atoms with Crippen molar-refractivity contribution in [3.8, 4) is 0 Å². The highest BCUT2D eigenvalue weighted by atomic mass is 79.9. The van der Waals surface area contributed by atoms with Gasteiger partial charge < -0.3 is 9.32 Å². The third kappa shape index (κ3) is 2.96. The second-order valence-electron chi connectivity index (χ2n) is 6.12. The van der Waals surface area contributed by atoms with E-state index < -0.39 is 0 Å². The molecule has 0 N–H and O–H groups in total. The molecule has 1 aliphatic heterocycles. The Kier molecular flexibility index (Phi) is 4.10. The van der Waals surface area contributed by atoms with E-state index in [2.05, 4.69) is 20.9 Å². The minimum Gasteiger partial charge on any atom is -0.440 e. The molecule has 0 saturated carbocycles. The van der Waals surface area contributed by atoms with Gasteiger partial charge in [0.05, 0.1) is 5.92 Å². The molecule has 4 nitrogen and oxygen atoms in total. The predicted octanol–water partition coefficient (Wildman–Crippen LogP) is 4.61. The van der Waals surface area contributed by atoms with Crippen LogP contribution in [0.1, 0.15) is 35.0 Å². The molecular formula is C19H17BrN2O2. The topological polar surface area (TPSA) is 46.3 Å². The van der Waals surface area contributed by atoms with E-state index >= 15 is 0 Å². The monoisotopic (exact) mass is 384 g/mol. The first-order valence-electron chi connectivity index (χ1n) is 8.11. The third-order valence-electron chi connectivity index (χ3n) is 4.46. The fourth-order valence-corrected chi connectivity index (χ4v) is 3.47. The Labute approximate surface area is 148 Å². The number of carbonyl (C=O) groups excluding carboxylic acids is 1. The molecule has 2 aromatic carbocycles. The van der Waals surface area contributed by atoms with Gasteiger partial charge in [0.15, 0.2) is 11.5 Å². The molecule has 5 heteroatoms. The van der Waals surface area contributed by atoms with Gasteiger partial charge in [0.25, 0.3) is 5.91 Å². The maximum absolute atomic E-state index is 12.7. The molecule has 0 radical (unpaired) electrons. The molecule has 2 heterocycles. The molecule has 0 spiro atoms. The largest absolute Gasteiger partial charge is 0.440 e. The zero-order chi connectivity index (χ0) is 16.5. The average Bonchev–Trinajstić information content (AvgIpc) is 3.06. The van der Waals surface area contributed by atoms with Crippen LogP contribution < -0.4 is 0 Å². The highest BCUT2D eigenvalue weighted by molar-refractivity contribution is 9.10. The lowest BCUT2D eigenvalue weighted by atomic mass is 9.97. The number of aromatic nitrogens is 1. The van der Waals surface area contributed by atoms with Crippen LogP contribution in [0.2, 0.25) is 0 Å². The summed E-state index contributed by atoms with van der Waals surface area (Å²) in [5, 5.41) is 0. The summed E-state index contributed by atoms with van der Waals surface area (Å²) in [7, 11) is 0. The maximum Gasteiger partial charge on any atom is 0.253 e. The van der Waals surface area contributed by atoms with Crippen LogP contribution in [0, 0.1) is 0 Å². The number of nitrogens with zero attached hydrogens (tertiary/aromatic N) is 2. The van der Waals surface area contributed by atoms with Crippen molar-refractivity contribution in [2.75, 3.05) is 13.1 Å². The second kappa shape index (κ2) is 6.40. The number of oxazole rings is 1. The van der Waals surface area contributed by atoms with Crippen molar-refractivity contribution in [1.82, 2.24) is 9.88 Å². The van der Waals surface area contributed by atoms with Crippen LogP contribution in [0.4, 0.5) is 0 Å². The van der Waals surface area contributed by atoms with Gasteiger partial charge in [-0.1, -0.05) is 28.1 Å². The Morgan fingerprint density at radius 1 is 1.17 bits per heavy atom. The van der Waals surface area contributed by atoms with Crippen LogP contribution in [0.15, 0.2) is 57.4 Å². The summed E-state index contributed by atoms with van der Waals surface area (Å²) in [6.45, 7) is 1.44. The van der Waals surface area contributed by atoms with Crippen LogP contribution in [-0.2, 0) is 0 Å². The van der Waals surface area contributed by atoms with Gasteiger partial charge in [-0.2, -0.15) is 0 Å². The summed E-state index contributed by atoms with van der Waals surface area (Å²) in [5.41, 5.74) is 2.41. The lowest BCUT2D eigenvalue weighted by Gasteiger charge is -2.31. The number of amides is 1. The number of likely N-dealkylation sites (tertiary alicyclic amines) is 1. The van der Waals surface area contributed by atoms with Crippen molar-refractivity contribution >= 4 is 32.9 Å². The van der Waals surface area contributed by atoms with E-state index in [4.69, 9.17) is 4.42 Å². The molecule has 122 valence electrons. The molecule has 1 fully saturated rings. The third-order valence-corrected chi connectivity index (χ3v) is 4.99. The molecule has 4 rings (SSSR count). The van der Waals surface area contributed by atoms with E-state index in [1.54, 1.807) is 0 Å². The number of hydrogen-bond donors (Lipinski definition) is 0. The molecule has 1 atom stereocenters. The van der Waals surface area contributed by atoms with Gasteiger partial charge in [-0.05, 0) is 49.2 Å². The molecule has 0 unspecified atom stereocenters. The Bertz CT molecular complexity index is 839. The number of hydrogen-bond acceptors (Lipinski definition) is 3. The van der Waals surface area contributed by atoms with Gasteiger partial charge in [0, 0.05) is 23.1 Å². The highest BCUT2D eigenvalue weighted by Gasteiger charge is 2.28. The van der Waals surface area contributed by atoms with E-state index in [9.17, 15) is 4.79 Å². The number of piperidine rings is 1. The molecule has 1 aromatic heterocycles. The lowest BCUT2D eigenvalue weighted by Crippen LogP contribution is -2.39. The number of fused-ring (bicyclic) bond motifs is 1. The standard InChI is InChI=1S/C19H17BrN2O2/c20-15-9-7-13(8-10-15)19(23)22-11-3-4-14(12-22)18-21-16-5-1-2-6-17(16)24-18/h1-2,5-10,14H,3-4,11-12H2/t14-/m1/s1. The van der Waals surface area contributed by atoms with Crippen LogP contribution in [-0.4, -0.2) is 28.9 Å². The quantitative estimate of drug-likeness (QED) is 0.647. The molecule has 1 amide bonds. The van der Waals surface area contributed by atoms with Crippen LogP contribution in [0.5, 0.6) is 0 Å². The zero-order valence-electron chi connectivity index (χ0n) is 13.1. The molecule has 24 heavy (non-hydrogen) atoms. The van der Waals surface area contributed by atoms with Crippen molar-refractivity contribution in [3.05, 3.63) is 64.5 Å². The summed E-state index contributed by atoms with van der Waals surface area (Å²) in [5.74, 6) is 0.971. The van der Waals surface area contributed by atoms with Crippen molar-refractivity contribution in [2.45, 2.75) is 18.8 Å². The first-order valence-corrected chi connectivity index (χ1v) is 8.90. The Morgan fingerprint density at radius 2 is 1.96 bits per heavy atom. The predicted molar refractivity (Wildman–Crippen MR) is 96.0 cm³/mol. The summed E-state index contributed by atoms with van der Waals surface area (Å²) in [6, 6.07) is 15.3.